The number of anilines is 1. The summed E-state index contributed by atoms with van der Waals surface area (Å²) in [6, 6.07) is 8.12. The highest BCUT2D eigenvalue weighted by atomic mass is 16.2. The maximum Gasteiger partial charge on any atom is 0.227 e. The average Bonchev–Trinajstić information content (AvgIpc) is 3.23. The third-order valence-electron chi connectivity index (χ3n) is 4.41. The van der Waals surface area contributed by atoms with Crippen molar-refractivity contribution >= 4 is 11.6 Å². The molecule has 98 valence electrons. The lowest BCUT2D eigenvalue weighted by Crippen LogP contribution is -2.31. The predicted octanol–water partition coefficient (Wildman–Crippen LogP) is 1.90. The molecule has 1 aromatic carbocycles. The van der Waals surface area contributed by atoms with Crippen molar-refractivity contribution in [3.8, 4) is 6.07 Å². The van der Waals surface area contributed by atoms with E-state index in [1.54, 1.807) is 11.9 Å². The van der Waals surface area contributed by atoms with Crippen LogP contribution in [0.2, 0.25) is 0 Å². The molecule has 0 saturated heterocycles. The minimum atomic E-state index is -0.357. The number of hydrogen-bond donors (Lipinski definition) is 1. The van der Waals surface area contributed by atoms with Crippen molar-refractivity contribution in [2.75, 3.05) is 11.9 Å². The van der Waals surface area contributed by atoms with Crippen LogP contribution in [0, 0.1) is 16.7 Å². The fourth-order valence-corrected chi connectivity index (χ4v) is 2.82. The Morgan fingerprint density at radius 2 is 2.16 bits per heavy atom. The molecule has 1 unspecified atom stereocenters. The number of aryl methyl sites for hydroxylation is 1. The van der Waals surface area contributed by atoms with Crippen LogP contribution in [0.15, 0.2) is 18.2 Å². The predicted molar refractivity (Wildman–Crippen MR) is 72.4 cm³/mol. The molecular formula is C15H17N3O. The molecule has 1 atom stereocenters. The standard InChI is InChI=1S/C15H17N3O/c1-18-12-4-2-11(8-10(12)3-5-13(18)19)14(17)15(9-16)6-7-15/h2,4,8,14H,3,5-7,17H2,1H3. The van der Waals surface area contributed by atoms with E-state index in [2.05, 4.69) is 12.1 Å². The van der Waals surface area contributed by atoms with Gasteiger partial charge < -0.3 is 10.6 Å². The molecule has 1 heterocycles. The van der Waals surface area contributed by atoms with Crippen LogP contribution in [-0.4, -0.2) is 13.0 Å². The molecule has 19 heavy (non-hydrogen) atoms. The third-order valence-corrected chi connectivity index (χ3v) is 4.41. The molecule has 1 saturated carbocycles. The number of nitriles is 1. The summed E-state index contributed by atoms with van der Waals surface area (Å²) in [4.78, 5) is 13.3. The number of fused-ring (bicyclic) bond motifs is 1. The van der Waals surface area contributed by atoms with Gasteiger partial charge in [0.15, 0.2) is 0 Å². The Morgan fingerprint density at radius 1 is 1.42 bits per heavy atom. The zero-order valence-electron chi connectivity index (χ0n) is 11.0. The first kappa shape index (κ1) is 12.2. The van der Waals surface area contributed by atoms with Gasteiger partial charge in [-0.1, -0.05) is 12.1 Å². The third kappa shape index (κ3) is 1.82. The monoisotopic (exact) mass is 255 g/mol. The number of hydrogen-bond acceptors (Lipinski definition) is 3. The Bertz CT molecular complexity index is 584. The lowest BCUT2D eigenvalue weighted by Gasteiger charge is -2.27. The summed E-state index contributed by atoms with van der Waals surface area (Å²) >= 11 is 0. The highest BCUT2D eigenvalue weighted by Gasteiger charge is 2.49. The van der Waals surface area contributed by atoms with Crippen LogP contribution in [0.5, 0.6) is 0 Å². The normalized spacial score (nSPS) is 21.5. The lowest BCUT2D eigenvalue weighted by atomic mass is 9.89. The van der Waals surface area contributed by atoms with Crippen molar-refractivity contribution in [2.45, 2.75) is 31.7 Å². The van der Waals surface area contributed by atoms with Gasteiger partial charge >= 0.3 is 0 Å². The molecule has 1 amide bonds. The number of rotatable bonds is 2. The van der Waals surface area contributed by atoms with Gasteiger partial charge in [0.25, 0.3) is 0 Å². The molecule has 1 aromatic rings. The largest absolute Gasteiger partial charge is 0.323 e. The van der Waals surface area contributed by atoms with Gasteiger partial charge in [-0.3, -0.25) is 4.79 Å². The minimum Gasteiger partial charge on any atom is -0.323 e. The molecule has 4 nitrogen and oxygen atoms in total. The molecule has 1 aliphatic carbocycles. The zero-order valence-corrected chi connectivity index (χ0v) is 11.0. The quantitative estimate of drug-likeness (QED) is 0.877. The topological polar surface area (TPSA) is 70.1 Å². The van der Waals surface area contributed by atoms with Crippen molar-refractivity contribution in [2.24, 2.45) is 11.1 Å². The summed E-state index contributed by atoms with van der Waals surface area (Å²) in [5.74, 6) is 0.153. The van der Waals surface area contributed by atoms with E-state index in [0.717, 1.165) is 36.1 Å². The van der Waals surface area contributed by atoms with Crippen LogP contribution in [0.1, 0.15) is 36.4 Å². The highest BCUT2D eigenvalue weighted by Crippen LogP contribution is 2.53. The number of benzene rings is 1. The van der Waals surface area contributed by atoms with Crippen molar-refractivity contribution in [1.29, 1.82) is 5.26 Å². The molecule has 4 heteroatoms. The summed E-state index contributed by atoms with van der Waals surface area (Å²) in [7, 11) is 1.80. The SMILES string of the molecule is CN1C(=O)CCc2cc(C(N)C3(C#N)CC3)ccc21. The molecule has 2 N–H and O–H groups in total. The smallest absolute Gasteiger partial charge is 0.227 e. The summed E-state index contributed by atoms with van der Waals surface area (Å²) in [6.07, 6.45) is 3.09. The first-order valence-corrected chi connectivity index (χ1v) is 6.64. The van der Waals surface area contributed by atoms with E-state index in [0.29, 0.717) is 6.42 Å². The second-order valence-electron chi connectivity index (χ2n) is 5.59. The maximum atomic E-state index is 11.6. The average molecular weight is 255 g/mol. The maximum absolute atomic E-state index is 11.6. The van der Waals surface area contributed by atoms with E-state index in [1.165, 1.54) is 0 Å². The number of amides is 1. The Kier molecular flexibility index (Phi) is 2.61. The summed E-state index contributed by atoms with van der Waals surface area (Å²) < 4.78 is 0. The molecule has 0 spiro atoms. The van der Waals surface area contributed by atoms with Gasteiger partial charge in [0.2, 0.25) is 5.91 Å². The fraction of sp³-hybridized carbons (Fsp3) is 0.467. The van der Waals surface area contributed by atoms with Gasteiger partial charge in [0, 0.05) is 25.2 Å². The minimum absolute atomic E-state index is 0.153. The van der Waals surface area contributed by atoms with E-state index in [1.807, 2.05) is 12.1 Å². The van der Waals surface area contributed by atoms with E-state index in [4.69, 9.17) is 5.73 Å². The van der Waals surface area contributed by atoms with Crippen LogP contribution < -0.4 is 10.6 Å². The van der Waals surface area contributed by atoms with E-state index >= 15 is 0 Å². The number of nitrogens with two attached hydrogens (primary N) is 1. The Balaban J connectivity index is 1.95. The number of nitrogens with zero attached hydrogens (tertiary/aromatic N) is 2. The van der Waals surface area contributed by atoms with Gasteiger partial charge in [0.05, 0.1) is 11.5 Å². The van der Waals surface area contributed by atoms with Crippen molar-refractivity contribution in [3.05, 3.63) is 29.3 Å². The van der Waals surface area contributed by atoms with Crippen molar-refractivity contribution in [3.63, 3.8) is 0 Å². The Hall–Kier alpha value is -1.86. The lowest BCUT2D eigenvalue weighted by molar-refractivity contribution is -0.118. The summed E-state index contributed by atoms with van der Waals surface area (Å²) in [5, 5.41) is 9.22. The van der Waals surface area contributed by atoms with Crippen LogP contribution in [0.25, 0.3) is 0 Å². The number of carbonyl (C=O) groups excluding carboxylic acids is 1. The van der Waals surface area contributed by atoms with Gasteiger partial charge in [0.1, 0.15) is 0 Å². The highest BCUT2D eigenvalue weighted by molar-refractivity contribution is 5.95. The zero-order chi connectivity index (χ0) is 13.6. The van der Waals surface area contributed by atoms with Crippen LogP contribution >= 0.6 is 0 Å². The fourth-order valence-electron chi connectivity index (χ4n) is 2.82. The van der Waals surface area contributed by atoms with Crippen LogP contribution in [0.3, 0.4) is 0 Å². The Labute approximate surface area is 112 Å². The molecule has 1 fully saturated rings. The summed E-state index contributed by atoms with van der Waals surface area (Å²) in [6.45, 7) is 0. The van der Waals surface area contributed by atoms with Crippen molar-refractivity contribution in [1.82, 2.24) is 0 Å². The molecule has 0 aromatic heterocycles. The molecule has 3 rings (SSSR count). The van der Waals surface area contributed by atoms with E-state index < -0.39 is 0 Å². The molecule has 0 bridgehead atoms. The number of carbonyl (C=O) groups is 1. The van der Waals surface area contributed by atoms with E-state index in [-0.39, 0.29) is 17.4 Å². The molecular weight excluding hydrogens is 238 g/mol. The first-order chi connectivity index (χ1) is 9.07. The first-order valence-electron chi connectivity index (χ1n) is 6.64. The van der Waals surface area contributed by atoms with Gasteiger partial charge in [-0.05, 0) is 36.5 Å². The van der Waals surface area contributed by atoms with Gasteiger partial charge in [-0.25, -0.2) is 0 Å². The van der Waals surface area contributed by atoms with Crippen molar-refractivity contribution < 1.29 is 4.79 Å². The van der Waals surface area contributed by atoms with Crippen LogP contribution in [-0.2, 0) is 11.2 Å². The molecule has 1 aliphatic heterocycles. The second kappa shape index (κ2) is 4.07. The van der Waals surface area contributed by atoms with E-state index in [9.17, 15) is 10.1 Å². The summed E-state index contributed by atoms with van der Waals surface area (Å²) in [5.41, 5.74) is 9.02. The Morgan fingerprint density at radius 3 is 2.79 bits per heavy atom. The second-order valence-corrected chi connectivity index (χ2v) is 5.59. The molecule has 2 aliphatic rings. The van der Waals surface area contributed by atoms with Crippen LogP contribution in [0.4, 0.5) is 5.69 Å². The van der Waals surface area contributed by atoms with Gasteiger partial charge in [-0.15, -0.1) is 0 Å². The molecule has 0 radical (unpaired) electrons. The van der Waals surface area contributed by atoms with Gasteiger partial charge in [-0.2, -0.15) is 5.26 Å².